The average molecular weight is 229 g/mol. The van der Waals surface area contributed by atoms with E-state index in [1.165, 1.54) is 12.0 Å². The zero-order chi connectivity index (χ0) is 11.3. The van der Waals surface area contributed by atoms with Gasteiger partial charge in [-0.05, 0) is 49.5 Å². The highest BCUT2D eigenvalue weighted by Crippen LogP contribution is 2.51. The molecule has 0 aromatic carbocycles. The third kappa shape index (κ3) is 1.85. The molecule has 2 rings (SSSR count). The van der Waals surface area contributed by atoms with E-state index in [1.54, 1.807) is 0 Å². The molecule has 0 bridgehead atoms. The molecule has 15 heavy (non-hydrogen) atoms. The first-order chi connectivity index (χ1) is 6.84. The van der Waals surface area contributed by atoms with Gasteiger partial charge in [-0.15, -0.1) is 11.6 Å². The van der Waals surface area contributed by atoms with Crippen molar-refractivity contribution in [1.29, 1.82) is 0 Å². The van der Waals surface area contributed by atoms with Gasteiger partial charge < -0.3 is 5.11 Å². The van der Waals surface area contributed by atoms with Crippen LogP contribution < -0.4 is 0 Å². The Kier molecular flexibility index (Phi) is 2.67. The Morgan fingerprint density at radius 2 is 2.00 bits per heavy atom. The smallest absolute Gasteiger partial charge is 0.0832 e. The van der Waals surface area contributed by atoms with Gasteiger partial charge in [0.1, 0.15) is 0 Å². The highest BCUT2D eigenvalue weighted by atomic mass is 35.5. The summed E-state index contributed by atoms with van der Waals surface area (Å²) >= 11 is 6.39. The van der Waals surface area contributed by atoms with Gasteiger partial charge in [-0.2, -0.15) is 0 Å². The number of hydrogen-bond donors (Lipinski definition) is 1. The van der Waals surface area contributed by atoms with Gasteiger partial charge in [0.15, 0.2) is 0 Å². The van der Waals surface area contributed by atoms with Gasteiger partial charge in [-0.3, -0.25) is 0 Å². The fourth-order valence-corrected chi connectivity index (χ4v) is 3.49. The Morgan fingerprint density at radius 1 is 1.33 bits per heavy atom. The minimum Gasteiger partial charge on any atom is -0.388 e. The molecule has 2 heteroatoms. The number of aliphatic hydroxyl groups is 1. The average Bonchev–Trinajstić information content (AvgIpc) is 2.11. The molecule has 0 heterocycles. The molecule has 0 aromatic rings. The maximum atomic E-state index is 10.2. The maximum Gasteiger partial charge on any atom is 0.0832 e. The summed E-state index contributed by atoms with van der Waals surface area (Å²) in [6, 6.07) is 0. The zero-order valence-electron chi connectivity index (χ0n) is 9.89. The summed E-state index contributed by atoms with van der Waals surface area (Å²) in [6.45, 7) is 6.52. The molecule has 0 aromatic heterocycles. The molecule has 0 aliphatic heterocycles. The number of rotatable bonds is 0. The molecule has 3 unspecified atom stereocenters. The summed E-state index contributed by atoms with van der Waals surface area (Å²) in [6.07, 6.45) is 6.52. The fourth-order valence-electron chi connectivity index (χ4n) is 3.14. The zero-order valence-corrected chi connectivity index (χ0v) is 10.6. The van der Waals surface area contributed by atoms with E-state index in [0.29, 0.717) is 11.3 Å². The summed E-state index contributed by atoms with van der Waals surface area (Å²) in [5.74, 6) is 0.578. The molecular weight excluding hydrogens is 208 g/mol. The first-order valence-corrected chi connectivity index (χ1v) is 6.35. The van der Waals surface area contributed by atoms with Crippen LogP contribution in [0, 0.1) is 11.3 Å². The number of alkyl halides is 1. The van der Waals surface area contributed by atoms with Crippen LogP contribution >= 0.6 is 11.6 Å². The molecule has 1 nitrogen and oxygen atoms in total. The molecular formula is C13H21ClO. The number of fused-ring (bicyclic) bond motifs is 1. The SMILES string of the molecule is CC1(C)CCC=C2C1CCC(C)(O)C2Cl. The van der Waals surface area contributed by atoms with E-state index < -0.39 is 5.60 Å². The minimum atomic E-state index is -0.711. The van der Waals surface area contributed by atoms with Gasteiger partial charge in [0.2, 0.25) is 0 Å². The van der Waals surface area contributed by atoms with Gasteiger partial charge >= 0.3 is 0 Å². The summed E-state index contributed by atoms with van der Waals surface area (Å²) in [5, 5.41) is 9.99. The van der Waals surface area contributed by atoms with E-state index in [-0.39, 0.29) is 5.38 Å². The third-order valence-electron chi connectivity index (χ3n) is 4.29. The minimum absolute atomic E-state index is 0.184. The van der Waals surface area contributed by atoms with E-state index in [1.807, 2.05) is 6.92 Å². The lowest BCUT2D eigenvalue weighted by atomic mass is 9.61. The second kappa shape index (κ2) is 3.49. The number of halogens is 1. The lowest BCUT2D eigenvalue weighted by Gasteiger charge is -2.48. The Labute approximate surface area is 97.5 Å². The van der Waals surface area contributed by atoms with E-state index in [2.05, 4.69) is 19.9 Å². The van der Waals surface area contributed by atoms with Crippen LogP contribution in [0.2, 0.25) is 0 Å². The third-order valence-corrected chi connectivity index (χ3v) is 5.01. The van der Waals surface area contributed by atoms with Crippen molar-refractivity contribution in [1.82, 2.24) is 0 Å². The summed E-state index contributed by atoms with van der Waals surface area (Å²) in [7, 11) is 0. The van der Waals surface area contributed by atoms with Crippen LogP contribution in [-0.2, 0) is 0 Å². The monoisotopic (exact) mass is 228 g/mol. The van der Waals surface area contributed by atoms with E-state index in [4.69, 9.17) is 11.6 Å². The molecule has 2 aliphatic carbocycles. The molecule has 1 saturated carbocycles. The highest BCUT2D eigenvalue weighted by Gasteiger charge is 2.46. The molecule has 0 saturated heterocycles. The van der Waals surface area contributed by atoms with Crippen LogP contribution in [0.1, 0.15) is 46.5 Å². The van der Waals surface area contributed by atoms with E-state index in [9.17, 15) is 5.11 Å². The molecule has 86 valence electrons. The number of allylic oxidation sites excluding steroid dienone is 1. The summed E-state index contributed by atoms with van der Waals surface area (Å²) < 4.78 is 0. The normalized spacial score (nSPS) is 44.5. The van der Waals surface area contributed by atoms with Crippen LogP contribution in [0.15, 0.2) is 11.6 Å². The lowest BCUT2D eigenvalue weighted by Crippen LogP contribution is -2.47. The molecule has 0 amide bonds. The van der Waals surface area contributed by atoms with E-state index >= 15 is 0 Å². The quantitative estimate of drug-likeness (QED) is 0.497. The summed E-state index contributed by atoms with van der Waals surface area (Å²) in [5.41, 5.74) is 0.939. The number of hydrogen-bond acceptors (Lipinski definition) is 1. The van der Waals surface area contributed by atoms with Crippen molar-refractivity contribution in [3.63, 3.8) is 0 Å². The molecule has 1 N–H and O–H groups in total. The van der Waals surface area contributed by atoms with Crippen LogP contribution in [-0.4, -0.2) is 16.1 Å². The largest absolute Gasteiger partial charge is 0.388 e. The van der Waals surface area contributed by atoms with Gasteiger partial charge in [0.25, 0.3) is 0 Å². The predicted octanol–water partition coefficient (Wildman–Crippen LogP) is 3.50. The first-order valence-electron chi connectivity index (χ1n) is 5.91. The standard InChI is InChI=1S/C13H21ClO/c1-12(2)7-4-5-9-10(12)6-8-13(3,15)11(9)14/h5,10-11,15H,4,6-8H2,1-3H3. The van der Waals surface area contributed by atoms with Crippen molar-refractivity contribution in [3.05, 3.63) is 11.6 Å². The molecule has 0 spiro atoms. The molecule has 2 aliphatic rings. The second-order valence-electron chi connectivity index (χ2n) is 6.04. The molecule has 0 radical (unpaired) electrons. The summed E-state index contributed by atoms with van der Waals surface area (Å²) in [4.78, 5) is 0. The van der Waals surface area contributed by atoms with Crippen molar-refractivity contribution in [3.8, 4) is 0 Å². The second-order valence-corrected chi connectivity index (χ2v) is 6.48. The van der Waals surface area contributed by atoms with Crippen LogP contribution in [0.5, 0.6) is 0 Å². The van der Waals surface area contributed by atoms with Gasteiger partial charge in [-0.25, -0.2) is 0 Å². The Hall–Kier alpha value is -0.0100. The Morgan fingerprint density at radius 3 is 2.67 bits per heavy atom. The van der Waals surface area contributed by atoms with Gasteiger partial charge in [-0.1, -0.05) is 19.9 Å². The van der Waals surface area contributed by atoms with Gasteiger partial charge in [0, 0.05) is 0 Å². The van der Waals surface area contributed by atoms with Crippen LogP contribution in [0.4, 0.5) is 0 Å². The van der Waals surface area contributed by atoms with Crippen molar-refractivity contribution < 1.29 is 5.11 Å². The van der Waals surface area contributed by atoms with Crippen molar-refractivity contribution in [2.75, 3.05) is 0 Å². The Bertz CT molecular complexity index is 291. The fraction of sp³-hybridized carbons (Fsp3) is 0.846. The van der Waals surface area contributed by atoms with Crippen LogP contribution in [0.3, 0.4) is 0 Å². The molecule has 3 atom stereocenters. The predicted molar refractivity (Wildman–Crippen MR) is 64.1 cm³/mol. The topological polar surface area (TPSA) is 20.2 Å². The van der Waals surface area contributed by atoms with Crippen molar-refractivity contribution in [2.24, 2.45) is 11.3 Å². The van der Waals surface area contributed by atoms with Crippen LogP contribution in [0.25, 0.3) is 0 Å². The highest BCUT2D eigenvalue weighted by molar-refractivity contribution is 6.23. The van der Waals surface area contributed by atoms with Gasteiger partial charge in [0.05, 0.1) is 11.0 Å². The van der Waals surface area contributed by atoms with Crippen molar-refractivity contribution in [2.45, 2.75) is 57.4 Å². The van der Waals surface area contributed by atoms with Crippen molar-refractivity contribution >= 4 is 11.6 Å². The Balaban J connectivity index is 2.31. The molecule has 1 fully saturated rings. The lowest BCUT2D eigenvalue weighted by molar-refractivity contribution is 0.0143. The first kappa shape index (κ1) is 11.5. The van der Waals surface area contributed by atoms with E-state index in [0.717, 1.165) is 19.3 Å². The maximum absolute atomic E-state index is 10.2.